The van der Waals surface area contributed by atoms with Crippen molar-refractivity contribution in [3.8, 4) is 5.75 Å². The van der Waals surface area contributed by atoms with Gasteiger partial charge in [-0.25, -0.2) is 0 Å². The summed E-state index contributed by atoms with van der Waals surface area (Å²) < 4.78 is 5.63. The predicted molar refractivity (Wildman–Crippen MR) is 77.4 cm³/mol. The molecule has 0 aliphatic carbocycles. The van der Waals surface area contributed by atoms with E-state index in [1.54, 1.807) is 0 Å². The van der Waals surface area contributed by atoms with E-state index < -0.39 is 0 Å². The summed E-state index contributed by atoms with van der Waals surface area (Å²) in [4.78, 5) is 11.7. The Morgan fingerprint density at radius 2 is 2.05 bits per heavy atom. The Kier molecular flexibility index (Phi) is 5.83. The van der Waals surface area contributed by atoms with Crippen LogP contribution in [0.4, 0.5) is 0 Å². The van der Waals surface area contributed by atoms with Crippen LogP contribution in [0.2, 0.25) is 0 Å². The summed E-state index contributed by atoms with van der Waals surface area (Å²) in [7, 11) is 0. The maximum atomic E-state index is 11.7. The van der Waals surface area contributed by atoms with E-state index in [1.165, 1.54) is 0 Å². The zero-order valence-electron chi connectivity index (χ0n) is 12.2. The summed E-state index contributed by atoms with van der Waals surface area (Å²) in [5.41, 5.74) is 7.69. The van der Waals surface area contributed by atoms with Crippen LogP contribution in [0.15, 0.2) is 18.2 Å². The largest absolute Gasteiger partial charge is 0.483 e. The Labute approximate surface area is 115 Å². The zero-order chi connectivity index (χ0) is 14.4. The van der Waals surface area contributed by atoms with Crippen molar-refractivity contribution in [1.29, 1.82) is 0 Å². The average Bonchev–Trinajstić information content (AvgIpc) is 2.35. The van der Waals surface area contributed by atoms with Gasteiger partial charge in [-0.15, -0.1) is 0 Å². The molecule has 0 saturated heterocycles. The molecule has 3 N–H and O–H groups in total. The number of aryl methyl sites for hydroxylation is 1. The van der Waals surface area contributed by atoms with E-state index in [0.29, 0.717) is 12.5 Å². The fraction of sp³-hybridized carbons (Fsp3) is 0.533. The van der Waals surface area contributed by atoms with Crippen LogP contribution >= 0.6 is 0 Å². The lowest BCUT2D eigenvalue weighted by atomic mass is 10.0. The SMILES string of the molecule is Cc1ccc(C(C)C)c(OCC(=O)N[C@@H](C)CN)c1. The second kappa shape index (κ2) is 7.14. The van der Waals surface area contributed by atoms with E-state index in [0.717, 1.165) is 16.9 Å². The second-order valence-corrected chi connectivity index (χ2v) is 5.19. The molecule has 1 atom stereocenters. The lowest BCUT2D eigenvalue weighted by Crippen LogP contribution is -2.40. The topological polar surface area (TPSA) is 64.3 Å². The van der Waals surface area contributed by atoms with E-state index in [2.05, 4.69) is 31.3 Å². The molecule has 0 aliphatic heterocycles. The van der Waals surface area contributed by atoms with Crippen molar-refractivity contribution in [2.75, 3.05) is 13.2 Å². The second-order valence-electron chi connectivity index (χ2n) is 5.19. The van der Waals surface area contributed by atoms with Crippen LogP contribution in [0.1, 0.15) is 37.8 Å². The fourth-order valence-electron chi connectivity index (χ4n) is 1.76. The molecule has 0 heterocycles. The Balaban J connectivity index is 2.66. The van der Waals surface area contributed by atoms with Crippen LogP contribution in [-0.4, -0.2) is 25.1 Å². The molecule has 0 aliphatic rings. The van der Waals surface area contributed by atoms with Gasteiger partial charge in [-0.1, -0.05) is 26.0 Å². The molecular formula is C15H24N2O2. The van der Waals surface area contributed by atoms with E-state index >= 15 is 0 Å². The maximum Gasteiger partial charge on any atom is 0.258 e. The van der Waals surface area contributed by atoms with Gasteiger partial charge in [0.15, 0.2) is 6.61 Å². The minimum atomic E-state index is -0.144. The van der Waals surface area contributed by atoms with Crippen molar-refractivity contribution >= 4 is 5.91 Å². The molecule has 4 heteroatoms. The van der Waals surface area contributed by atoms with Gasteiger partial charge in [0.2, 0.25) is 0 Å². The number of benzene rings is 1. The van der Waals surface area contributed by atoms with Crippen molar-refractivity contribution in [3.05, 3.63) is 29.3 Å². The first-order valence-electron chi connectivity index (χ1n) is 6.66. The van der Waals surface area contributed by atoms with E-state index in [1.807, 2.05) is 19.9 Å². The summed E-state index contributed by atoms with van der Waals surface area (Å²) in [6.07, 6.45) is 0. The highest BCUT2D eigenvalue weighted by Gasteiger charge is 2.11. The third kappa shape index (κ3) is 4.91. The number of nitrogens with one attached hydrogen (secondary N) is 1. The van der Waals surface area contributed by atoms with Crippen molar-refractivity contribution in [2.24, 2.45) is 5.73 Å². The summed E-state index contributed by atoms with van der Waals surface area (Å²) in [5, 5.41) is 2.77. The van der Waals surface area contributed by atoms with Crippen LogP contribution in [-0.2, 0) is 4.79 Å². The zero-order valence-corrected chi connectivity index (χ0v) is 12.2. The standard InChI is InChI=1S/C15H24N2O2/c1-10(2)13-6-5-11(3)7-14(13)19-9-15(18)17-12(4)8-16/h5-7,10,12H,8-9,16H2,1-4H3,(H,17,18)/t12-/m0/s1. The van der Waals surface area contributed by atoms with Gasteiger partial charge >= 0.3 is 0 Å². The minimum Gasteiger partial charge on any atom is -0.483 e. The highest BCUT2D eigenvalue weighted by molar-refractivity contribution is 5.77. The molecule has 0 unspecified atom stereocenters. The molecule has 1 aromatic rings. The summed E-state index contributed by atoms with van der Waals surface area (Å²) in [5.74, 6) is 1.00. The van der Waals surface area contributed by atoms with Gasteiger partial charge < -0.3 is 15.8 Å². The number of ether oxygens (including phenoxy) is 1. The predicted octanol–water partition coefficient (Wildman–Crippen LogP) is 1.96. The third-order valence-electron chi connectivity index (χ3n) is 2.91. The van der Waals surface area contributed by atoms with Gasteiger partial charge in [0, 0.05) is 12.6 Å². The van der Waals surface area contributed by atoms with E-state index in [-0.39, 0.29) is 18.6 Å². The molecule has 0 spiro atoms. The molecule has 0 fully saturated rings. The number of amides is 1. The molecule has 0 bridgehead atoms. The molecule has 1 aromatic carbocycles. The Hall–Kier alpha value is -1.55. The van der Waals surface area contributed by atoms with E-state index in [4.69, 9.17) is 10.5 Å². The smallest absolute Gasteiger partial charge is 0.258 e. The van der Waals surface area contributed by atoms with Gasteiger partial charge in [0.25, 0.3) is 5.91 Å². The summed E-state index contributed by atoms with van der Waals surface area (Å²) in [6.45, 7) is 8.53. The van der Waals surface area contributed by atoms with Crippen LogP contribution < -0.4 is 15.8 Å². The maximum absolute atomic E-state index is 11.7. The number of carbonyl (C=O) groups is 1. The molecule has 0 aromatic heterocycles. The van der Waals surface area contributed by atoms with Crippen LogP contribution in [0.5, 0.6) is 5.75 Å². The first kappa shape index (κ1) is 15.5. The summed E-state index contributed by atoms with van der Waals surface area (Å²) in [6, 6.07) is 6.04. The molecule has 106 valence electrons. The molecule has 1 amide bonds. The van der Waals surface area contributed by atoms with Gasteiger partial charge in [0.05, 0.1) is 0 Å². The number of hydrogen-bond acceptors (Lipinski definition) is 3. The Bertz CT molecular complexity index is 430. The summed E-state index contributed by atoms with van der Waals surface area (Å²) >= 11 is 0. The first-order valence-corrected chi connectivity index (χ1v) is 6.66. The highest BCUT2D eigenvalue weighted by atomic mass is 16.5. The van der Waals surface area contributed by atoms with Crippen molar-refractivity contribution in [3.63, 3.8) is 0 Å². The molecule has 19 heavy (non-hydrogen) atoms. The monoisotopic (exact) mass is 264 g/mol. The van der Waals surface area contributed by atoms with Crippen molar-refractivity contribution < 1.29 is 9.53 Å². The Morgan fingerprint density at radius 3 is 2.63 bits per heavy atom. The Morgan fingerprint density at radius 1 is 1.37 bits per heavy atom. The number of nitrogens with two attached hydrogens (primary N) is 1. The van der Waals surface area contributed by atoms with Gasteiger partial charge in [0.1, 0.15) is 5.75 Å². The fourth-order valence-corrected chi connectivity index (χ4v) is 1.76. The number of rotatable bonds is 6. The first-order chi connectivity index (χ1) is 8.93. The average molecular weight is 264 g/mol. The molecule has 0 saturated carbocycles. The van der Waals surface area contributed by atoms with Gasteiger partial charge in [-0.3, -0.25) is 4.79 Å². The van der Waals surface area contributed by atoms with Crippen LogP contribution in [0, 0.1) is 6.92 Å². The van der Waals surface area contributed by atoms with Crippen molar-refractivity contribution in [1.82, 2.24) is 5.32 Å². The van der Waals surface area contributed by atoms with E-state index in [9.17, 15) is 4.79 Å². The minimum absolute atomic E-state index is 0.0213. The lowest BCUT2D eigenvalue weighted by Gasteiger charge is -2.16. The van der Waals surface area contributed by atoms with Crippen LogP contribution in [0.3, 0.4) is 0 Å². The molecule has 1 rings (SSSR count). The van der Waals surface area contributed by atoms with Crippen molar-refractivity contribution in [2.45, 2.75) is 39.7 Å². The van der Waals surface area contributed by atoms with Gasteiger partial charge in [-0.2, -0.15) is 0 Å². The molecular weight excluding hydrogens is 240 g/mol. The number of hydrogen-bond donors (Lipinski definition) is 2. The van der Waals surface area contributed by atoms with Crippen LogP contribution in [0.25, 0.3) is 0 Å². The number of carbonyl (C=O) groups excluding carboxylic acids is 1. The normalized spacial score (nSPS) is 12.3. The highest BCUT2D eigenvalue weighted by Crippen LogP contribution is 2.27. The molecule has 4 nitrogen and oxygen atoms in total. The lowest BCUT2D eigenvalue weighted by molar-refractivity contribution is -0.123. The third-order valence-corrected chi connectivity index (χ3v) is 2.91. The van der Waals surface area contributed by atoms with Gasteiger partial charge in [-0.05, 0) is 37.0 Å². The quantitative estimate of drug-likeness (QED) is 0.825. The molecule has 0 radical (unpaired) electrons.